The average Bonchev–Trinajstić information content (AvgIpc) is 2.67. The Kier molecular flexibility index (Phi) is 5.98. The number of aryl methyl sites for hydroxylation is 2. The third-order valence-corrected chi connectivity index (χ3v) is 6.98. The molecule has 3 rings (SSSR count). The van der Waals surface area contributed by atoms with E-state index in [1.807, 2.05) is 13.8 Å². The van der Waals surface area contributed by atoms with Gasteiger partial charge in [0.2, 0.25) is 10.0 Å². The summed E-state index contributed by atoms with van der Waals surface area (Å²) in [7, 11) is -2.06. The zero-order valence-corrected chi connectivity index (χ0v) is 17.7. The fourth-order valence-electron chi connectivity index (χ4n) is 3.47. The molecule has 150 valence electrons. The van der Waals surface area contributed by atoms with Crippen molar-refractivity contribution in [3.05, 3.63) is 58.1 Å². The monoisotopic (exact) mass is 422 g/mol. The van der Waals surface area contributed by atoms with Crippen molar-refractivity contribution in [1.29, 1.82) is 0 Å². The van der Waals surface area contributed by atoms with E-state index in [1.54, 1.807) is 48.4 Å². The van der Waals surface area contributed by atoms with Gasteiger partial charge in [-0.25, -0.2) is 8.42 Å². The minimum atomic E-state index is -3.63. The van der Waals surface area contributed by atoms with Crippen LogP contribution < -0.4 is 4.74 Å². The first-order valence-corrected chi connectivity index (χ1v) is 10.8. The van der Waals surface area contributed by atoms with E-state index in [0.717, 1.165) is 11.1 Å². The first-order chi connectivity index (χ1) is 13.2. The standard InChI is InChI=1S/C20H23ClN2O4S/c1-14-11-18(12-15(2)19(14)27-3)28(25,26)23-9-7-22(8-10-23)20(24)16-5-4-6-17(21)13-16/h4-6,11-13H,7-10H2,1-3H3. The predicted molar refractivity (Wildman–Crippen MR) is 109 cm³/mol. The van der Waals surface area contributed by atoms with E-state index in [0.29, 0.717) is 29.4 Å². The number of hydrogen-bond donors (Lipinski definition) is 0. The van der Waals surface area contributed by atoms with Crippen molar-refractivity contribution >= 4 is 27.5 Å². The van der Waals surface area contributed by atoms with Gasteiger partial charge in [-0.2, -0.15) is 4.31 Å². The molecular weight excluding hydrogens is 400 g/mol. The number of amides is 1. The molecule has 2 aromatic carbocycles. The quantitative estimate of drug-likeness (QED) is 0.759. The van der Waals surface area contributed by atoms with Gasteiger partial charge < -0.3 is 9.64 Å². The van der Waals surface area contributed by atoms with Crippen LogP contribution in [-0.4, -0.2) is 56.8 Å². The molecule has 6 nitrogen and oxygen atoms in total. The second-order valence-electron chi connectivity index (χ2n) is 6.80. The molecule has 1 aliphatic heterocycles. The molecule has 1 aliphatic rings. The van der Waals surface area contributed by atoms with Gasteiger partial charge in [0.15, 0.2) is 0 Å². The van der Waals surface area contributed by atoms with E-state index in [-0.39, 0.29) is 23.9 Å². The summed E-state index contributed by atoms with van der Waals surface area (Å²) in [6, 6.07) is 10.0. The third kappa shape index (κ3) is 4.01. The summed E-state index contributed by atoms with van der Waals surface area (Å²) in [6.45, 7) is 4.81. The van der Waals surface area contributed by atoms with Gasteiger partial charge in [-0.3, -0.25) is 4.79 Å². The molecule has 0 unspecified atom stereocenters. The van der Waals surface area contributed by atoms with E-state index in [4.69, 9.17) is 16.3 Å². The van der Waals surface area contributed by atoms with Crippen molar-refractivity contribution in [3.63, 3.8) is 0 Å². The first-order valence-electron chi connectivity index (χ1n) is 8.94. The number of nitrogens with zero attached hydrogens (tertiary/aromatic N) is 2. The molecule has 28 heavy (non-hydrogen) atoms. The van der Waals surface area contributed by atoms with E-state index >= 15 is 0 Å². The van der Waals surface area contributed by atoms with Crippen LogP contribution in [0.5, 0.6) is 5.75 Å². The van der Waals surface area contributed by atoms with Crippen LogP contribution in [0.25, 0.3) is 0 Å². The van der Waals surface area contributed by atoms with Crippen LogP contribution in [0.4, 0.5) is 0 Å². The number of carbonyl (C=O) groups is 1. The van der Waals surface area contributed by atoms with Crippen molar-refractivity contribution < 1.29 is 17.9 Å². The largest absolute Gasteiger partial charge is 0.496 e. The van der Waals surface area contributed by atoms with E-state index < -0.39 is 10.0 Å². The van der Waals surface area contributed by atoms with Gasteiger partial charge in [0, 0.05) is 36.8 Å². The van der Waals surface area contributed by atoms with Crippen molar-refractivity contribution in [2.45, 2.75) is 18.7 Å². The molecule has 0 spiro atoms. The molecule has 8 heteroatoms. The lowest BCUT2D eigenvalue weighted by atomic mass is 10.1. The molecule has 0 atom stereocenters. The second kappa shape index (κ2) is 8.11. The Bertz CT molecular complexity index is 976. The topological polar surface area (TPSA) is 66.9 Å². The van der Waals surface area contributed by atoms with Crippen LogP contribution in [0.1, 0.15) is 21.5 Å². The smallest absolute Gasteiger partial charge is 0.253 e. The highest BCUT2D eigenvalue weighted by Crippen LogP contribution is 2.28. The third-order valence-electron chi connectivity index (χ3n) is 4.87. The summed E-state index contributed by atoms with van der Waals surface area (Å²) in [4.78, 5) is 14.5. The Labute approximate surface area is 170 Å². The zero-order chi connectivity index (χ0) is 20.5. The highest BCUT2D eigenvalue weighted by Gasteiger charge is 2.31. The number of benzene rings is 2. The Hall–Kier alpha value is -2.09. The van der Waals surface area contributed by atoms with Gasteiger partial charge in [-0.15, -0.1) is 0 Å². The summed E-state index contributed by atoms with van der Waals surface area (Å²) in [5, 5.41) is 0.498. The molecule has 0 bridgehead atoms. The van der Waals surface area contributed by atoms with Crippen LogP contribution in [0.15, 0.2) is 41.3 Å². The number of halogens is 1. The van der Waals surface area contributed by atoms with E-state index in [1.165, 1.54) is 4.31 Å². The zero-order valence-electron chi connectivity index (χ0n) is 16.1. The highest BCUT2D eigenvalue weighted by atomic mass is 35.5. The number of hydrogen-bond acceptors (Lipinski definition) is 4. The lowest BCUT2D eigenvalue weighted by Gasteiger charge is -2.34. The summed E-state index contributed by atoms with van der Waals surface area (Å²) in [5.41, 5.74) is 2.05. The first kappa shape index (κ1) is 20.6. The SMILES string of the molecule is COc1c(C)cc(S(=O)(=O)N2CCN(C(=O)c3cccc(Cl)c3)CC2)cc1C. The van der Waals surface area contributed by atoms with Crippen LogP contribution in [0.3, 0.4) is 0 Å². The molecule has 0 N–H and O–H groups in total. The maximum atomic E-state index is 13.0. The lowest BCUT2D eigenvalue weighted by Crippen LogP contribution is -2.50. The minimum Gasteiger partial charge on any atom is -0.496 e. The molecule has 2 aromatic rings. The molecule has 0 radical (unpaired) electrons. The molecular formula is C20H23ClN2O4S. The Morgan fingerprint density at radius 1 is 1.04 bits per heavy atom. The maximum Gasteiger partial charge on any atom is 0.253 e. The highest BCUT2D eigenvalue weighted by molar-refractivity contribution is 7.89. The number of sulfonamides is 1. The molecule has 0 aromatic heterocycles. The van der Waals surface area contributed by atoms with Crippen LogP contribution >= 0.6 is 11.6 Å². The van der Waals surface area contributed by atoms with Gasteiger partial charge in [-0.05, 0) is 55.3 Å². The number of methoxy groups -OCH3 is 1. The fraction of sp³-hybridized carbons (Fsp3) is 0.350. The van der Waals surface area contributed by atoms with Gasteiger partial charge in [0.25, 0.3) is 5.91 Å². The second-order valence-corrected chi connectivity index (χ2v) is 9.17. The summed E-state index contributed by atoms with van der Waals surface area (Å²) < 4.78 is 32.8. The van der Waals surface area contributed by atoms with Gasteiger partial charge in [0.1, 0.15) is 5.75 Å². The summed E-state index contributed by atoms with van der Waals surface area (Å²) in [5.74, 6) is 0.548. The Morgan fingerprint density at radius 2 is 1.64 bits per heavy atom. The van der Waals surface area contributed by atoms with Crippen molar-refractivity contribution in [1.82, 2.24) is 9.21 Å². The van der Waals surface area contributed by atoms with Crippen LogP contribution in [0.2, 0.25) is 5.02 Å². The van der Waals surface area contributed by atoms with Crippen molar-refractivity contribution in [2.75, 3.05) is 33.3 Å². The Morgan fingerprint density at radius 3 is 2.18 bits per heavy atom. The summed E-state index contributed by atoms with van der Waals surface area (Å²) >= 11 is 5.96. The van der Waals surface area contributed by atoms with Crippen LogP contribution in [0, 0.1) is 13.8 Å². The van der Waals surface area contributed by atoms with E-state index in [2.05, 4.69) is 0 Å². The van der Waals surface area contributed by atoms with Gasteiger partial charge in [-0.1, -0.05) is 17.7 Å². The maximum absolute atomic E-state index is 13.0. The van der Waals surface area contributed by atoms with Crippen molar-refractivity contribution in [3.8, 4) is 5.75 Å². The number of piperazine rings is 1. The molecule has 1 amide bonds. The minimum absolute atomic E-state index is 0.143. The average molecular weight is 423 g/mol. The summed E-state index contributed by atoms with van der Waals surface area (Å²) in [6.07, 6.45) is 0. The number of ether oxygens (including phenoxy) is 1. The molecule has 1 heterocycles. The fourth-order valence-corrected chi connectivity index (χ4v) is 5.25. The number of rotatable bonds is 4. The molecule has 0 saturated carbocycles. The van der Waals surface area contributed by atoms with E-state index in [9.17, 15) is 13.2 Å². The lowest BCUT2D eigenvalue weighted by molar-refractivity contribution is 0.0698. The van der Waals surface area contributed by atoms with Crippen LogP contribution in [-0.2, 0) is 10.0 Å². The Balaban J connectivity index is 1.74. The van der Waals surface area contributed by atoms with Gasteiger partial charge >= 0.3 is 0 Å². The molecule has 0 aliphatic carbocycles. The molecule has 1 fully saturated rings. The number of carbonyl (C=O) groups excluding carboxylic acids is 1. The van der Waals surface area contributed by atoms with Crippen molar-refractivity contribution in [2.24, 2.45) is 0 Å². The normalized spacial score (nSPS) is 15.5. The predicted octanol–water partition coefficient (Wildman–Crippen LogP) is 3.11. The molecule has 1 saturated heterocycles. The van der Waals surface area contributed by atoms with Gasteiger partial charge in [0.05, 0.1) is 12.0 Å².